The van der Waals surface area contributed by atoms with Gasteiger partial charge in [0.05, 0.1) is 28.0 Å². The number of benzene rings is 3. The second-order valence-electron chi connectivity index (χ2n) is 15.7. The van der Waals surface area contributed by atoms with Gasteiger partial charge in [-0.3, -0.25) is 4.98 Å². The summed E-state index contributed by atoms with van der Waals surface area (Å²) < 4.78 is 0. The maximum atomic E-state index is 7.62. The van der Waals surface area contributed by atoms with Crippen molar-refractivity contribution in [2.45, 2.75) is 99.3 Å². The molecule has 3 aromatic heterocycles. The maximum Gasteiger partial charge on any atom is 0.135 e. The van der Waals surface area contributed by atoms with Crippen LogP contribution in [0.5, 0.6) is 0 Å². The lowest BCUT2D eigenvalue weighted by atomic mass is 9.86. The van der Waals surface area contributed by atoms with Gasteiger partial charge >= 0.3 is 0 Å². The molecule has 0 aliphatic carbocycles. The Hall–Kier alpha value is -4.71. The van der Waals surface area contributed by atoms with Crippen LogP contribution in [0.1, 0.15) is 103 Å². The van der Waals surface area contributed by atoms with Gasteiger partial charge in [0.2, 0.25) is 0 Å². The average Bonchev–Trinajstić information content (AvgIpc) is 2.99. The minimum absolute atomic E-state index is 0.127. The summed E-state index contributed by atoms with van der Waals surface area (Å²) in [5, 5.41) is 10.9. The number of hydrogen-bond donors (Lipinski definition) is 2. The van der Waals surface area contributed by atoms with Gasteiger partial charge in [-0.15, -0.1) is 0 Å². The summed E-state index contributed by atoms with van der Waals surface area (Å²) in [6.45, 7) is 25.5. The van der Waals surface area contributed by atoms with E-state index in [1.807, 2.05) is 32.0 Å². The molecule has 3 heterocycles. The van der Waals surface area contributed by atoms with Gasteiger partial charge in [0.25, 0.3) is 0 Å². The van der Waals surface area contributed by atoms with Crippen LogP contribution in [0.3, 0.4) is 0 Å². The van der Waals surface area contributed by atoms with Crippen LogP contribution in [0.25, 0.3) is 32.7 Å². The van der Waals surface area contributed by atoms with E-state index in [1.165, 1.54) is 22.1 Å². The molecule has 0 aliphatic rings. The highest BCUT2D eigenvalue weighted by molar-refractivity contribution is 5.96. The second kappa shape index (κ2) is 13.8. The number of nitrogens with two attached hydrogens (primary N) is 1. The van der Waals surface area contributed by atoms with Crippen molar-refractivity contribution in [2.24, 2.45) is 0 Å². The number of hydrogen-bond acceptors (Lipinski definition) is 6. The molecule has 0 saturated heterocycles. The second-order valence-corrected chi connectivity index (χ2v) is 15.7. The minimum Gasteiger partial charge on any atom is -0.383 e. The van der Waals surface area contributed by atoms with Crippen molar-refractivity contribution in [1.29, 1.82) is 5.41 Å². The van der Waals surface area contributed by atoms with E-state index in [4.69, 9.17) is 11.1 Å². The molecule has 0 spiro atoms. The van der Waals surface area contributed by atoms with Crippen molar-refractivity contribution >= 4 is 44.2 Å². The molecule has 6 aromatic rings. The summed E-state index contributed by atoms with van der Waals surface area (Å²) in [6, 6.07) is 27.2. The van der Waals surface area contributed by atoms with E-state index in [2.05, 4.69) is 143 Å². The van der Waals surface area contributed by atoms with Gasteiger partial charge < -0.3 is 11.1 Å². The molecule has 0 amide bonds. The normalized spacial score (nSPS) is 11.9. The number of anilines is 1. The zero-order chi connectivity index (χ0) is 35.6. The highest BCUT2D eigenvalue weighted by atomic mass is 14.9. The fraction of sp³-hybridized carbons (Fsp3) is 0.357. The SMILES string of the molecule is CC(=N)c1ccc2ccc(C(C)(C)C)cc2n1.Cc1ccc2ccc(C(C)(C)C)cc2n1.Cc1nc(N)c2ccc(C(C)(C)C)cc2n1. The van der Waals surface area contributed by atoms with Gasteiger partial charge in [0, 0.05) is 21.9 Å². The van der Waals surface area contributed by atoms with Crippen LogP contribution in [0.4, 0.5) is 5.82 Å². The Balaban J connectivity index is 0.000000163. The van der Waals surface area contributed by atoms with Gasteiger partial charge in [0.1, 0.15) is 11.6 Å². The van der Waals surface area contributed by atoms with Crippen molar-refractivity contribution in [3.05, 3.63) is 113 Å². The lowest BCUT2D eigenvalue weighted by molar-refractivity contribution is 0.590. The lowest BCUT2D eigenvalue weighted by Gasteiger charge is -2.19. The fourth-order valence-electron chi connectivity index (χ4n) is 5.22. The van der Waals surface area contributed by atoms with E-state index < -0.39 is 0 Å². The molecular weight excluding hydrogens is 589 g/mol. The quantitative estimate of drug-likeness (QED) is 0.174. The molecule has 0 unspecified atom stereocenters. The van der Waals surface area contributed by atoms with Crippen LogP contribution in [-0.2, 0) is 16.2 Å². The van der Waals surface area contributed by atoms with Gasteiger partial charge in [-0.1, -0.05) is 105 Å². The zero-order valence-electron chi connectivity index (χ0n) is 30.9. The van der Waals surface area contributed by atoms with E-state index in [0.29, 0.717) is 11.5 Å². The third kappa shape index (κ3) is 9.00. The molecule has 6 heteroatoms. The molecule has 0 radical (unpaired) electrons. The Kier molecular flexibility index (Phi) is 10.4. The molecule has 0 fully saturated rings. The number of aryl methyl sites for hydroxylation is 2. The van der Waals surface area contributed by atoms with Crippen LogP contribution in [0.15, 0.2) is 78.9 Å². The van der Waals surface area contributed by atoms with Crippen LogP contribution in [0, 0.1) is 19.3 Å². The predicted molar refractivity (Wildman–Crippen MR) is 206 cm³/mol. The summed E-state index contributed by atoms with van der Waals surface area (Å²) in [6.07, 6.45) is 0. The van der Waals surface area contributed by atoms with Crippen molar-refractivity contribution in [3.63, 3.8) is 0 Å². The molecule has 0 bridgehead atoms. The predicted octanol–water partition coefficient (Wildman–Crippen LogP) is 10.6. The summed E-state index contributed by atoms with van der Waals surface area (Å²) >= 11 is 0. The number of nitrogens with one attached hydrogen (secondary N) is 1. The molecule has 3 aromatic carbocycles. The molecule has 250 valence electrons. The Labute approximate surface area is 286 Å². The Morgan fingerprint density at radius 3 is 1.48 bits per heavy atom. The zero-order valence-corrected chi connectivity index (χ0v) is 30.9. The molecule has 48 heavy (non-hydrogen) atoms. The highest BCUT2D eigenvalue weighted by Gasteiger charge is 2.16. The largest absolute Gasteiger partial charge is 0.383 e. The first-order chi connectivity index (χ1) is 22.2. The molecule has 3 N–H and O–H groups in total. The molecule has 0 aliphatic heterocycles. The number of nitrogens with zero attached hydrogens (tertiary/aromatic N) is 4. The summed E-state index contributed by atoms with van der Waals surface area (Å²) in [4.78, 5) is 17.7. The summed E-state index contributed by atoms with van der Waals surface area (Å²) in [7, 11) is 0. The van der Waals surface area contributed by atoms with E-state index in [-0.39, 0.29) is 16.2 Å². The van der Waals surface area contributed by atoms with Crippen LogP contribution in [0.2, 0.25) is 0 Å². The standard InChI is InChI=1S/C15H18N2.C14H17N.C13H17N3/c1-10(16)13-8-6-11-5-7-12(15(2,3)4)9-14(11)17-13;1-10-5-6-11-7-8-12(14(2,3)4)9-13(11)15-10;1-8-15-11-7-9(13(2,3)4)5-6-10(11)12(14)16-8/h5-9,16H,1-4H3;5-9H,1-4H3;5-7H,1-4H3,(H2,14,15,16). The first-order valence-electron chi connectivity index (χ1n) is 16.6. The van der Waals surface area contributed by atoms with Gasteiger partial charge in [-0.2, -0.15) is 0 Å². The highest BCUT2D eigenvalue weighted by Crippen LogP contribution is 2.28. The average molecular weight is 641 g/mol. The number of nitrogen functional groups attached to an aromatic ring is 1. The van der Waals surface area contributed by atoms with Crippen LogP contribution >= 0.6 is 0 Å². The van der Waals surface area contributed by atoms with E-state index >= 15 is 0 Å². The molecule has 6 nitrogen and oxygen atoms in total. The van der Waals surface area contributed by atoms with Gasteiger partial charge in [-0.05, 0) is 90.1 Å². The first-order valence-corrected chi connectivity index (χ1v) is 16.6. The Morgan fingerprint density at radius 1 is 0.542 bits per heavy atom. The van der Waals surface area contributed by atoms with Crippen molar-refractivity contribution in [1.82, 2.24) is 19.9 Å². The molecule has 0 atom stereocenters. The third-order valence-electron chi connectivity index (χ3n) is 8.34. The van der Waals surface area contributed by atoms with E-state index in [9.17, 15) is 0 Å². The number of aromatic nitrogens is 4. The molecule has 6 rings (SSSR count). The monoisotopic (exact) mass is 640 g/mol. The smallest absolute Gasteiger partial charge is 0.135 e. The summed E-state index contributed by atoms with van der Waals surface area (Å²) in [5.41, 5.74) is 15.5. The number of rotatable bonds is 1. The maximum absolute atomic E-state index is 7.62. The molecular formula is C42H52N6. The van der Waals surface area contributed by atoms with Crippen LogP contribution < -0.4 is 5.73 Å². The van der Waals surface area contributed by atoms with E-state index in [1.54, 1.807) is 6.92 Å². The Morgan fingerprint density at radius 2 is 0.979 bits per heavy atom. The number of pyridine rings is 2. The lowest BCUT2D eigenvalue weighted by Crippen LogP contribution is -2.11. The summed E-state index contributed by atoms with van der Waals surface area (Å²) in [5.74, 6) is 1.28. The molecule has 0 saturated carbocycles. The Bertz CT molecular complexity index is 2090. The van der Waals surface area contributed by atoms with Crippen molar-refractivity contribution in [3.8, 4) is 0 Å². The minimum atomic E-state index is 0.127. The third-order valence-corrected chi connectivity index (χ3v) is 8.34. The fourth-order valence-corrected chi connectivity index (χ4v) is 5.22. The number of fused-ring (bicyclic) bond motifs is 3. The first kappa shape index (κ1) is 36.1. The topological polar surface area (TPSA) is 101 Å². The van der Waals surface area contributed by atoms with Crippen molar-refractivity contribution in [2.75, 3.05) is 5.73 Å². The van der Waals surface area contributed by atoms with Crippen LogP contribution in [-0.4, -0.2) is 25.6 Å². The van der Waals surface area contributed by atoms with E-state index in [0.717, 1.165) is 44.5 Å². The van der Waals surface area contributed by atoms with Gasteiger partial charge in [0.15, 0.2) is 0 Å². The van der Waals surface area contributed by atoms with Crippen molar-refractivity contribution < 1.29 is 0 Å². The van der Waals surface area contributed by atoms with Gasteiger partial charge in [-0.25, -0.2) is 15.0 Å².